The van der Waals surface area contributed by atoms with Crippen LogP contribution in [0.2, 0.25) is 0 Å². The minimum Gasteiger partial charge on any atom is -0.453 e. The Morgan fingerprint density at radius 3 is 2.59 bits per heavy atom. The van der Waals surface area contributed by atoms with Gasteiger partial charge in [-0.05, 0) is 43.2 Å². The summed E-state index contributed by atoms with van der Waals surface area (Å²) in [4.78, 5) is 2.03. The number of hydrogen-bond donors (Lipinski definition) is 1. The van der Waals surface area contributed by atoms with E-state index in [0.717, 1.165) is 28.4 Å². The minimum atomic E-state index is -3.94. The van der Waals surface area contributed by atoms with Crippen LogP contribution in [0.1, 0.15) is 12.0 Å². The van der Waals surface area contributed by atoms with Gasteiger partial charge < -0.3 is 9.64 Å². The lowest BCUT2D eigenvalue weighted by Gasteiger charge is -2.32. The number of ether oxygens (including phenoxy) is 1. The fourth-order valence-electron chi connectivity index (χ4n) is 2.59. The highest BCUT2D eigenvalue weighted by atomic mass is 32.2. The molecular formula is C16H17NO4S. The summed E-state index contributed by atoms with van der Waals surface area (Å²) in [5.41, 5.74) is 2.89. The molecule has 0 bridgehead atoms. The van der Waals surface area contributed by atoms with E-state index in [1.165, 1.54) is 0 Å². The monoisotopic (exact) mass is 319 g/mol. The molecular weight excluding hydrogens is 302 g/mol. The van der Waals surface area contributed by atoms with Crippen LogP contribution >= 0.6 is 0 Å². The zero-order valence-corrected chi connectivity index (χ0v) is 13.0. The average Bonchev–Trinajstić information content (AvgIpc) is 2.45. The van der Waals surface area contributed by atoms with Gasteiger partial charge in [0.25, 0.3) is 10.1 Å². The Bertz CT molecular complexity index is 802. The van der Waals surface area contributed by atoms with Gasteiger partial charge in [-0.3, -0.25) is 4.55 Å². The van der Waals surface area contributed by atoms with E-state index in [-0.39, 0.29) is 5.75 Å². The summed E-state index contributed by atoms with van der Waals surface area (Å²) in [6.45, 7) is 2.48. The lowest BCUT2D eigenvalue weighted by molar-refractivity contribution is 0.471. The molecule has 5 nitrogen and oxygen atoms in total. The third-order valence-corrected chi connectivity index (χ3v) is 4.37. The molecule has 1 N–H and O–H groups in total. The first kappa shape index (κ1) is 14.9. The number of aryl methyl sites for hydroxylation is 1. The maximum atomic E-state index is 10.9. The molecule has 0 aliphatic carbocycles. The van der Waals surface area contributed by atoms with E-state index < -0.39 is 10.1 Å². The van der Waals surface area contributed by atoms with Gasteiger partial charge in [0.1, 0.15) is 0 Å². The third-order valence-electron chi connectivity index (χ3n) is 3.57. The second-order valence-electron chi connectivity index (χ2n) is 5.33. The third kappa shape index (κ3) is 3.08. The molecule has 0 saturated carbocycles. The van der Waals surface area contributed by atoms with Crippen LogP contribution in [0, 0.1) is 6.92 Å². The van der Waals surface area contributed by atoms with Crippen LogP contribution in [-0.2, 0) is 10.1 Å². The van der Waals surface area contributed by atoms with Gasteiger partial charge in [0.15, 0.2) is 11.5 Å². The van der Waals surface area contributed by atoms with E-state index in [1.807, 2.05) is 54.3 Å². The molecule has 6 heteroatoms. The zero-order chi connectivity index (χ0) is 15.7. The highest BCUT2D eigenvalue weighted by Crippen LogP contribution is 2.46. The molecule has 2 aromatic rings. The lowest BCUT2D eigenvalue weighted by Crippen LogP contribution is -2.24. The van der Waals surface area contributed by atoms with Gasteiger partial charge >= 0.3 is 0 Å². The summed E-state index contributed by atoms with van der Waals surface area (Å²) in [5.74, 6) is 1.24. The summed E-state index contributed by atoms with van der Waals surface area (Å²) < 4.78 is 36.7. The van der Waals surface area contributed by atoms with Crippen molar-refractivity contribution in [3.8, 4) is 11.5 Å². The molecule has 116 valence electrons. The first-order valence-electron chi connectivity index (χ1n) is 7.04. The van der Waals surface area contributed by atoms with Crippen molar-refractivity contribution < 1.29 is 17.7 Å². The van der Waals surface area contributed by atoms with Gasteiger partial charge in [-0.15, -0.1) is 0 Å². The summed E-state index contributed by atoms with van der Waals surface area (Å²) in [7, 11) is -3.94. The topological polar surface area (TPSA) is 66.8 Å². The van der Waals surface area contributed by atoms with Gasteiger partial charge in [-0.1, -0.05) is 18.2 Å². The van der Waals surface area contributed by atoms with E-state index in [4.69, 9.17) is 9.29 Å². The zero-order valence-electron chi connectivity index (χ0n) is 12.2. The first-order valence-corrected chi connectivity index (χ1v) is 8.65. The van der Waals surface area contributed by atoms with Crippen molar-refractivity contribution in [2.45, 2.75) is 13.3 Å². The van der Waals surface area contributed by atoms with Gasteiger partial charge in [0.2, 0.25) is 0 Å². The summed E-state index contributed by atoms with van der Waals surface area (Å²) in [6, 6.07) is 13.6. The largest absolute Gasteiger partial charge is 0.453 e. The van der Waals surface area contributed by atoms with Crippen LogP contribution in [0.4, 0.5) is 11.4 Å². The quantitative estimate of drug-likeness (QED) is 0.873. The molecule has 0 amide bonds. The van der Waals surface area contributed by atoms with Crippen LogP contribution < -0.4 is 9.64 Å². The van der Waals surface area contributed by atoms with Crippen molar-refractivity contribution in [3.63, 3.8) is 0 Å². The lowest BCUT2D eigenvalue weighted by atomic mass is 10.1. The molecule has 0 unspecified atom stereocenters. The Kier molecular flexibility index (Phi) is 3.80. The second kappa shape index (κ2) is 5.62. The minimum absolute atomic E-state index is 0.256. The predicted molar refractivity (Wildman–Crippen MR) is 85.7 cm³/mol. The van der Waals surface area contributed by atoms with Crippen molar-refractivity contribution in [1.82, 2.24) is 0 Å². The first-order chi connectivity index (χ1) is 10.4. The number of para-hydroxylation sites is 2. The van der Waals surface area contributed by atoms with E-state index in [9.17, 15) is 8.42 Å². The van der Waals surface area contributed by atoms with Crippen LogP contribution in [0.3, 0.4) is 0 Å². The Balaban J connectivity index is 1.94. The standard InChI is InChI=1S/C16H17NO4S/c1-12-7-8-14-16(11-12)21-15-6-3-2-5-13(15)17(14)9-4-10-22(18,19)20/h2-3,5-8,11H,4,9-10H2,1H3,(H,18,19,20). The molecule has 1 aliphatic heterocycles. The van der Waals surface area contributed by atoms with Gasteiger partial charge in [0.05, 0.1) is 17.1 Å². The summed E-state index contributed by atoms with van der Waals surface area (Å²) >= 11 is 0. The summed E-state index contributed by atoms with van der Waals surface area (Å²) in [6.07, 6.45) is 0.334. The van der Waals surface area contributed by atoms with Crippen LogP contribution in [0.25, 0.3) is 0 Å². The highest BCUT2D eigenvalue weighted by molar-refractivity contribution is 7.85. The second-order valence-corrected chi connectivity index (χ2v) is 6.90. The van der Waals surface area contributed by atoms with Gasteiger partial charge in [-0.2, -0.15) is 8.42 Å². The molecule has 0 spiro atoms. The van der Waals surface area contributed by atoms with Crippen LogP contribution in [0.5, 0.6) is 11.5 Å². The Labute approximate surface area is 129 Å². The average molecular weight is 319 g/mol. The molecule has 22 heavy (non-hydrogen) atoms. The smallest absolute Gasteiger partial charge is 0.264 e. The van der Waals surface area contributed by atoms with E-state index in [2.05, 4.69) is 0 Å². The van der Waals surface area contributed by atoms with Crippen molar-refractivity contribution in [3.05, 3.63) is 48.0 Å². The Hall–Kier alpha value is -2.05. The number of anilines is 2. The predicted octanol–water partition coefficient (Wildman–Crippen LogP) is 3.52. The van der Waals surface area contributed by atoms with Crippen LogP contribution in [0.15, 0.2) is 42.5 Å². The molecule has 0 fully saturated rings. The molecule has 3 rings (SSSR count). The molecule has 0 radical (unpaired) electrons. The maximum absolute atomic E-state index is 10.9. The Morgan fingerprint density at radius 1 is 1.09 bits per heavy atom. The number of fused-ring (bicyclic) bond motifs is 2. The van der Waals surface area contributed by atoms with Crippen LogP contribution in [-0.4, -0.2) is 25.3 Å². The van der Waals surface area contributed by atoms with Crippen molar-refractivity contribution in [2.75, 3.05) is 17.2 Å². The van der Waals surface area contributed by atoms with Crippen molar-refractivity contribution >= 4 is 21.5 Å². The highest BCUT2D eigenvalue weighted by Gasteiger charge is 2.24. The van der Waals surface area contributed by atoms with Gasteiger partial charge in [-0.25, -0.2) is 0 Å². The molecule has 0 atom stereocenters. The molecule has 1 aliphatic rings. The van der Waals surface area contributed by atoms with E-state index >= 15 is 0 Å². The Morgan fingerprint density at radius 2 is 1.82 bits per heavy atom. The van der Waals surface area contributed by atoms with Gasteiger partial charge in [0, 0.05) is 6.54 Å². The number of nitrogens with zero attached hydrogens (tertiary/aromatic N) is 1. The normalized spacial score (nSPS) is 13.3. The van der Waals surface area contributed by atoms with E-state index in [1.54, 1.807) is 0 Å². The molecule has 0 aromatic heterocycles. The van der Waals surface area contributed by atoms with Crippen molar-refractivity contribution in [1.29, 1.82) is 0 Å². The number of rotatable bonds is 4. The molecule has 2 aromatic carbocycles. The SMILES string of the molecule is Cc1ccc2c(c1)Oc1ccccc1N2CCCS(=O)(=O)O. The fourth-order valence-corrected chi connectivity index (χ4v) is 3.08. The number of hydrogen-bond acceptors (Lipinski definition) is 4. The summed E-state index contributed by atoms with van der Waals surface area (Å²) in [5, 5.41) is 0. The maximum Gasteiger partial charge on any atom is 0.264 e. The van der Waals surface area contributed by atoms with E-state index in [0.29, 0.717) is 13.0 Å². The fraction of sp³-hybridized carbons (Fsp3) is 0.250. The molecule has 0 saturated heterocycles. The number of benzene rings is 2. The molecule has 1 heterocycles. The van der Waals surface area contributed by atoms with Crippen molar-refractivity contribution in [2.24, 2.45) is 0 Å².